The van der Waals surface area contributed by atoms with Crippen molar-refractivity contribution in [2.75, 3.05) is 0 Å². The Hall–Kier alpha value is -3.01. The van der Waals surface area contributed by atoms with E-state index in [2.05, 4.69) is 9.97 Å². The van der Waals surface area contributed by atoms with Gasteiger partial charge in [0.15, 0.2) is 5.82 Å². The highest BCUT2D eigenvalue weighted by molar-refractivity contribution is 5.87. The lowest BCUT2D eigenvalue weighted by Crippen LogP contribution is -1.99. The number of carbonyl (C=O) groups is 1. The lowest BCUT2D eigenvalue weighted by atomic mass is 10.0. The van der Waals surface area contributed by atoms with E-state index >= 15 is 0 Å². The fraction of sp³-hybridized carbons (Fsp3) is 0. The van der Waals surface area contributed by atoms with Gasteiger partial charge in [-0.15, -0.1) is 0 Å². The van der Waals surface area contributed by atoms with Gasteiger partial charge in [-0.2, -0.15) is 0 Å². The number of benzene rings is 2. The van der Waals surface area contributed by atoms with Gasteiger partial charge in [-0.1, -0.05) is 48.5 Å². The molecule has 0 radical (unpaired) electrons. The maximum atomic E-state index is 10.8. The molecule has 0 atom stereocenters. The van der Waals surface area contributed by atoms with Crippen LogP contribution >= 0.6 is 0 Å². The summed E-state index contributed by atoms with van der Waals surface area (Å²) in [4.78, 5) is 19.0. The molecule has 102 valence electrons. The van der Waals surface area contributed by atoms with Crippen molar-refractivity contribution in [1.29, 1.82) is 0 Å². The van der Waals surface area contributed by atoms with Gasteiger partial charge in [-0.05, 0) is 17.2 Å². The number of nitrogens with zero attached hydrogens (tertiary/aromatic N) is 2. The summed E-state index contributed by atoms with van der Waals surface area (Å²) in [6.07, 6.45) is 2.64. The summed E-state index contributed by atoms with van der Waals surface area (Å²) < 4.78 is 0. The van der Waals surface area contributed by atoms with E-state index in [-0.39, 0.29) is 5.56 Å². The summed E-state index contributed by atoms with van der Waals surface area (Å²) in [6, 6.07) is 17.9. The van der Waals surface area contributed by atoms with Crippen LogP contribution in [0.15, 0.2) is 67.0 Å². The first-order chi connectivity index (χ1) is 10.2. The molecule has 1 heterocycles. The Kier molecular flexibility index (Phi) is 3.43. The standard InChI is InChI=1S/C17H12N2O2/c20-17(21)15-10-18-16(19-11-15)14-8-4-7-13(9-14)12-5-2-1-3-6-12/h1-11H,(H,20,21). The van der Waals surface area contributed by atoms with Crippen molar-refractivity contribution in [2.24, 2.45) is 0 Å². The topological polar surface area (TPSA) is 63.1 Å². The van der Waals surface area contributed by atoms with Crippen LogP contribution in [0, 0.1) is 0 Å². The van der Waals surface area contributed by atoms with E-state index in [1.54, 1.807) is 0 Å². The van der Waals surface area contributed by atoms with Gasteiger partial charge in [0.2, 0.25) is 0 Å². The van der Waals surface area contributed by atoms with E-state index in [1.165, 1.54) is 12.4 Å². The SMILES string of the molecule is O=C(O)c1cnc(-c2cccc(-c3ccccc3)c2)nc1. The van der Waals surface area contributed by atoms with Crippen LogP contribution in [0.25, 0.3) is 22.5 Å². The highest BCUT2D eigenvalue weighted by atomic mass is 16.4. The average molecular weight is 276 g/mol. The Morgan fingerprint density at radius 3 is 2.10 bits per heavy atom. The Morgan fingerprint density at radius 2 is 1.43 bits per heavy atom. The third-order valence-corrected chi connectivity index (χ3v) is 3.13. The van der Waals surface area contributed by atoms with Crippen molar-refractivity contribution in [3.8, 4) is 22.5 Å². The molecule has 0 aliphatic carbocycles. The van der Waals surface area contributed by atoms with Crippen molar-refractivity contribution < 1.29 is 9.90 Å². The summed E-state index contributed by atoms with van der Waals surface area (Å²) in [5.41, 5.74) is 3.12. The molecule has 0 aliphatic rings. The summed E-state index contributed by atoms with van der Waals surface area (Å²) >= 11 is 0. The molecule has 1 N–H and O–H groups in total. The van der Waals surface area contributed by atoms with Crippen LogP contribution in [0.3, 0.4) is 0 Å². The Labute approximate surface area is 121 Å². The maximum absolute atomic E-state index is 10.8. The molecule has 0 fully saturated rings. The van der Waals surface area contributed by atoms with E-state index in [9.17, 15) is 4.79 Å². The van der Waals surface area contributed by atoms with E-state index in [4.69, 9.17) is 5.11 Å². The van der Waals surface area contributed by atoms with E-state index in [0.717, 1.165) is 16.7 Å². The second-order valence-electron chi connectivity index (χ2n) is 4.55. The second-order valence-corrected chi connectivity index (χ2v) is 4.55. The molecule has 0 spiro atoms. The molecule has 0 aliphatic heterocycles. The largest absolute Gasteiger partial charge is 0.478 e. The number of aromatic carboxylic acids is 1. The zero-order valence-electron chi connectivity index (χ0n) is 11.1. The molecule has 4 nitrogen and oxygen atoms in total. The molecule has 4 heteroatoms. The number of hydrogen-bond acceptors (Lipinski definition) is 3. The van der Waals surface area contributed by atoms with Crippen molar-refractivity contribution in [3.63, 3.8) is 0 Å². The number of rotatable bonds is 3. The second kappa shape index (κ2) is 5.54. The van der Waals surface area contributed by atoms with Gasteiger partial charge in [0, 0.05) is 18.0 Å². The molecule has 0 unspecified atom stereocenters. The first-order valence-corrected chi connectivity index (χ1v) is 6.45. The lowest BCUT2D eigenvalue weighted by Gasteiger charge is -2.05. The molecule has 0 saturated carbocycles. The number of aromatic nitrogens is 2. The highest BCUT2D eigenvalue weighted by Gasteiger charge is 2.07. The van der Waals surface area contributed by atoms with Gasteiger partial charge in [0.05, 0.1) is 5.56 Å². The maximum Gasteiger partial charge on any atom is 0.338 e. The van der Waals surface area contributed by atoms with Gasteiger partial charge in [-0.3, -0.25) is 0 Å². The van der Waals surface area contributed by atoms with Crippen LogP contribution in [0.5, 0.6) is 0 Å². The summed E-state index contributed by atoms with van der Waals surface area (Å²) in [5, 5.41) is 8.86. The lowest BCUT2D eigenvalue weighted by molar-refractivity contribution is 0.0696. The molecule has 21 heavy (non-hydrogen) atoms. The average Bonchev–Trinajstić information content (AvgIpc) is 2.56. The molecular weight excluding hydrogens is 264 g/mol. The fourth-order valence-corrected chi connectivity index (χ4v) is 2.06. The number of hydrogen-bond donors (Lipinski definition) is 1. The van der Waals surface area contributed by atoms with Crippen LogP contribution in [-0.4, -0.2) is 21.0 Å². The van der Waals surface area contributed by atoms with Crippen LogP contribution in [0.2, 0.25) is 0 Å². The Morgan fingerprint density at radius 1 is 0.810 bits per heavy atom. The van der Waals surface area contributed by atoms with Crippen molar-refractivity contribution in [2.45, 2.75) is 0 Å². The first kappa shape index (κ1) is 13.0. The van der Waals surface area contributed by atoms with Gasteiger partial charge < -0.3 is 5.11 Å². The van der Waals surface area contributed by atoms with Crippen LogP contribution < -0.4 is 0 Å². The molecule has 1 aromatic heterocycles. The first-order valence-electron chi connectivity index (χ1n) is 6.45. The Balaban J connectivity index is 1.98. The minimum absolute atomic E-state index is 0.0814. The van der Waals surface area contributed by atoms with Gasteiger partial charge in [-0.25, -0.2) is 14.8 Å². The predicted molar refractivity (Wildman–Crippen MR) is 79.9 cm³/mol. The molecular formula is C17H12N2O2. The minimum atomic E-state index is -1.03. The zero-order valence-corrected chi connectivity index (χ0v) is 11.1. The molecule has 3 rings (SSSR count). The fourth-order valence-electron chi connectivity index (χ4n) is 2.06. The van der Waals surface area contributed by atoms with Crippen LogP contribution in [0.4, 0.5) is 0 Å². The summed E-state index contributed by atoms with van der Waals surface area (Å²) in [6.45, 7) is 0. The van der Waals surface area contributed by atoms with Crippen LogP contribution in [0.1, 0.15) is 10.4 Å². The minimum Gasteiger partial charge on any atom is -0.478 e. The van der Waals surface area contributed by atoms with Crippen LogP contribution in [-0.2, 0) is 0 Å². The zero-order chi connectivity index (χ0) is 14.7. The van der Waals surface area contributed by atoms with E-state index < -0.39 is 5.97 Å². The molecule has 0 saturated heterocycles. The molecule has 0 amide bonds. The van der Waals surface area contributed by atoms with Gasteiger partial charge in [0.1, 0.15) is 0 Å². The highest BCUT2D eigenvalue weighted by Crippen LogP contribution is 2.24. The van der Waals surface area contributed by atoms with E-state index in [1.807, 2.05) is 54.6 Å². The van der Waals surface area contributed by atoms with Crippen molar-refractivity contribution in [3.05, 3.63) is 72.6 Å². The summed E-state index contributed by atoms with van der Waals surface area (Å²) in [5.74, 6) is -0.516. The number of carboxylic acids is 1. The quantitative estimate of drug-likeness (QED) is 0.795. The monoisotopic (exact) mass is 276 g/mol. The molecule has 2 aromatic carbocycles. The third kappa shape index (κ3) is 2.79. The van der Waals surface area contributed by atoms with Gasteiger partial charge in [0.25, 0.3) is 0 Å². The molecule has 0 bridgehead atoms. The number of carboxylic acid groups (broad SMARTS) is 1. The van der Waals surface area contributed by atoms with E-state index in [0.29, 0.717) is 5.82 Å². The van der Waals surface area contributed by atoms with Gasteiger partial charge >= 0.3 is 5.97 Å². The Bertz CT molecular complexity index is 768. The van der Waals surface area contributed by atoms with Crippen molar-refractivity contribution >= 4 is 5.97 Å². The molecule has 3 aromatic rings. The smallest absolute Gasteiger partial charge is 0.338 e. The summed E-state index contributed by atoms with van der Waals surface area (Å²) in [7, 11) is 0. The third-order valence-electron chi connectivity index (χ3n) is 3.13. The van der Waals surface area contributed by atoms with Crippen molar-refractivity contribution in [1.82, 2.24) is 9.97 Å². The predicted octanol–water partition coefficient (Wildman–Crippen LogP) is 3.51. The normalized spacial score (nSPS) is 10.3.